The van der Waals surface area contributed by atoms with Crippen molar-refractivity contribution in [1.82, 2.24) is 29.7 Å². The third-order valence-electron chi connectivity index (χ3n) is 2.34. The third kappa shape index (κ3) is 4.93. The minimum absolute atomic E-state index is 0.0573. The van der Waals surface area contributed by atoms with E-state index in [9.17, 15) is 0 Å². The number of nitrogens with two attached hydrogens (primary N) is 1. The van der Waals surface area contributed by atoms with Gasteiger partial charge >= 0.3 is 6.01 Å². The van der Waals surface area contributed by atoms with Crippen molar-refractivity contribution in [3.63, 3.8) is 0 Å². The van der Waals surface area contributed by atoms with E-state index in [1.54, 1.807) is 7.11 Å². The number of nitrogen functional groups attached to an aromatic ring is 1. The van der Waals surface area contributed by atoms with Gasteiger partial charge in [-0.1, -0.05) is 0 Å². The fourth-order valence-electron chi connectivity index (χ4n) is 1.41. The first kappa shape index (κ1) is 15.1. The van der Waals surface area contributed by atoms with Crippen LogP contribution in [0.1, 0.15) is 6.42 Å². The molecule has 21 heavy (non-hydrogen) atoms. The van der Waals surface area contributed by atoms with Crippen LogP contribution >= 0.6 is 0 Å². The molecule has 0 aliphatic carbocycles. The number of ether oxygens (including phenoxy) is 3. The predicted molar refractivity (Wildman–Crippen MR) is 72.0 cm³/mol. The molecule has 2 aromatic rings. The maximum absolute atomic E-state index is 5.61. The lowest BCUT2D eigenvalue weighted by atomic mass is 10.5. The highest BCUT2D eigenvalue weighted by atomic mass is 16.5. The van der Waals surface area contributed by atoms with Gasteiger partial charge in [-0.25, -0.2) is 4.98 Å². The molecular weight excluding hydrogens is 278 g/mol. The van der Waals surface area contributed by atoms with E-state index < -0.39 is 0 Å². The normalized spacial score (nSPS) is 10.7. The second-order valence-corrected chi connectivity index (χ2v) is 3.92. The molecule has 0 fully saturated rings. The minimum atomic E-state index is 0.0573. The maximum atomic E-state index is 5.61. The first-order valence-corrected chi connectivity index (χ1v) is 6.35. The summed E-state index contributed by atoms with van der Waals surface area (Å²) in [5, 5.41) is 3.92. The van der Waals surface area contributed by atoms with E-state index in [1.165, 1.54) is 17.3 Å². The summed E-state index contributed by atoms with van der Waals surface area (Å²) < 4.78 is 17.0. The largest absolute Gasteiger partial charge is 0.463 e. The molecule has 0 aliphatic heterocycles. The van der Waals surface area contributed by atoms with Crippen LogP contribution in [-0.2, 0) is 9.47 Å². The van der Waals surface area contributed by atoms with E-state index in [-0.39, 0.29) is 17.9 Å². The third-order valence-corrected chi connectivity index (χ3v) is 2.34. The molecule has 0 amide bonds. The van der Waals surface area contributed by atoms with Gasteiger partial charge in [-0.3, -0.25) is 0 Å². The fourth-order valence-corrected chi connectivity index (χ4v) is 1.41. The zero-order valence-electron chi connectivity index (χ0n) is 11.7. The van der Waals surface area contributed by atoms with Gasteiger partial charge in [0.2, 0.25) is 5.95 Å². The fraction of sp³-hybridized carbons (Fsp3) is 0.545. The Hall–Kier alpha value is -2.33. The summed E-state index contributed by atoms with van der Waals surface area (Å²) in [6.45, 7) is 2.12. The van der Waals surface area contributed by atoms with Gasteiger partial charge in [-0.05, 0) is 0 Å². The van der Waals surface area contributed by atoms with E-state index in [0.717, 1.165) is 0 Å². The minimum Gasteiger partial charge on any atom is -0.463 e. The molecule has 10 nitrogen and oxygen atoms in total. The van der Waals surface area contributed by atoms with Crippen molar-refractivity contribution < 1.29 is 14.2 Å². The summed E-state index contributed by atoms with van der Waals surface area (Å²) in [7, 11) is 1.63. The number of hydrogen-bond donors (Lipinski definition) is 1. The summed E-state index contributed by atoms with van der Waals surface area (Å²) in [6, 6.07) is 0.143. The van der Waals surface area contributed by atoms with E-state index >= 15 is 0 Å². The van der Waals surface area contributed by atoms with Crippen LogP contribution in [0.2, 0.25) is 0 Å². The zero-order chi connectivity index (χ0) is 14.9. The second-order valence-electron chi connectivity index (χ2n) is 3.92. The Balaban J connectivity index is 1.81. The lowest BCUT2D eigenvalue weighted by Gasteiger charge is -2.07. The van der Waals surface area contributed by atoms with Crippen LogP contribution in [-0.4, -0.2) is 63.3 Å². The lowest BCUT2D eigenvalue weighted by molar-refractivity contribution is 0.0639. The molecule has 0 bridgehead atoms. The summed E-state index contributed by atoms with van der Waals surface area (Å²) in [6.07, 6.45) is 3.54. The molecule has 0 atom stereocenters. The van der Waals surface area contributed by atoms with Crippen LogP contribution < -0.4 is 10.5 Å². The first-order valence-electron chi connectivity index (χ1n) is 6.35. The van der Waals surface area contributed by atoms with Crippen LogP contribution in [0.15, 0.2) is 12.7 Å². The highest BCUT2D eigenvalue weighted by Crippen LogP contribution is 2.08. The van der Waals surface area contributed by atoms with Crippen molar-refractivity contribution in [1.29, 1.82) is 0 Å². The molecule has 0 spiro atoms. The number of hydrogen-bond acceptors (Lipinski definition) is 9. The van der Waals surface area contributed by atoms with Crippen molar-refractivity contribution in [3.8, 4) is 12.0 Å². The Morgan fingerprint density at radius 2 is 2.05 bits per heavy atom. The van der Waals surface area contributed by atoms with Crippen molar-refractivity contribution in [2.75, 3.05) is 39.3 Å². The van der Waals surface area contributed by atoms with Crippen molar-refractivity contribution in [3.05, 3.63) is 12.7 Å². The van der Waals surface area contributed by atoms with Crippen molar-refractivity contribution >= 4 is 5.95 Å². The summed E-state index contributed by atoms with van der Waals surface area (Å²) in [5.74, 6) is 0.313. The molecular formula is C11H17N7O3. The molecule has 2 rings (SSSR count). The van der Waals surface area contributed by atoms with E-state index in [1.807, 2.05) is 0 Å². The molecule has 0 saturated heterocycles. The van der Waals surface area contributed by atoms with Gasteiger partial charge in [0.05, 0.1) is 19.8 Å². The number of methoxy groups -OCH3 is 1. The van der Waals surface area contributed by atoms with Crippen LogP contribution in [0, 0.1) is 0 Å². The monoisotopic (exact) mass is 295 g/mol. The first-order chi connectivity index (χ1) is 10.3. The molecule has 0 radical (unpaired) electrons. The Bertz CT molecular complexity index is 535. The van der Waals surface area contributed by atoms with Gasteiger partial charge in [0.1, 0.15) is 12.7 Å². The van der Waals surface area contributed by atoms with E-state index in [4.69, 9.17) is 19.9 Å². The van der Waals surface area contributed by atoms with Gasteiger partial charge in [-0.15, -0.1) is 0 Å². The average Bonchev–Trinajstić information content (AvgIpc) is 3.00. The Morgan fingerprint density at radius 1 is 1.14 bits per heavy atom. The molecule has 10 heteroatoms. The zero-order valence-corrected chi connectivity index (χ0v) is 11.7. The summed E-state index contributed by atoms with van der Waals surface area (Å²) >= 11 is 0. The topological polar surface area (TPSA) is 123 Å². The number of aromatic nitrogens is 6. The summed E-state index contributed by atoms with van der Waals surface area (Å²) in [4.78, 5) is 15.8. The van der Waals surface area contributed by atoms with Gasteiger partial charge in [0, 0.05) is 20.1 Å². The molecule has 0 unspecified atom stereocenters. The van der Waals surface area contributed by atoms with Crippen molar-refractivity contribution in [2.45, 2.75) is 6.42 Å². The second kappa shape index (κ2) is 8.07. The van der Waals surface area contributed by atoms with Crippen LogP contribution in [0.3, 0.4) is 0 Å². The molecule has 2 heterocycles. The molecule has 0 aliphatic rings. The van der Waals surface area contributed by atoms with Crippen molar-refractivity contribution in [2.24, 2.45) is 0 Å². The number of rotatable bonds is 9. The van der Waals surface area contributed by atoms with Crippen LogP contribution in [0.25, 0.3) is 5.95 Å². The van der Waals surface area contributed by atoms with Gasteiger partial charge < -0.3 is 19.9 Å². The van der Waals surface area contributed by atoms with Gasteiger partial charge in [-0.2, -0.15) is 24.7 Å². The Morgan fingerprint density at radius 3 is 2.81 bits per heavy atom. The Labute approximate surface area is 121 Å². The molecule has 114 valence electrons. The smallest absolute Gasteiger partial charge is 0.323 e. The van der Waals surface area contributed by atoms with Gasteiger partial charge in [0.25, 0.3) is 5.95 Å². The standard InChI is InChI=1S/C11H17N7O3/c1-19-5-6-20-3-2-4-21-11-16-9(12)15-10(17-11)18-8-13-7-14-18/h7-8H,2-6H2,1H3,(H2,12,15,16,17). The summed E-state index contributed by atoms with van der Waals surface area (Å²) in [5.41, 5.74) is 5.61. The SMILES string of the molecule is COCCOCCCOc1nc(N)nc(-n2cncn2)n1. The average molecular weight is 295 g/mol. The van der Waals surface area contributed by atoms with Crippen LogP contribution in [0.4, 0.5) is 5.95 Å². The quantitative estimate of drug-likeness (QED) is 0.608. The maximum Gasteiger partial charge on any atom is 0.323 e. The van der Waals surface area contributed by atoms with E-state index in [2.05, 4.69) is 25.0 Å². The van der Waals surface area contributed by atoms with Gasteiger partial charge in [0.15, 0.2) is 0 Å². The predicted octanol–water partition coefficient (Wildman–Crippen LogP) is -0.534. The lowest BCUT2D eigenvalue weighted by Crippen LogP contribution is -2.11. The van der Waals surface area contributed by atoms with E-state index in [0.29, 0.717) is 32.8 Å². The van der Waals surface area contributed by atoms with Crippen LogP contribution in [0.5, 0.6) is 6.01 Å². The molecule has 2 aromatic heterocycles. The highest BCUT2D eigenvalue weighted by molar-refractivity contribution is 5.23. The molecule has 2 N–H and O–H groups in total. The molecule has 0 saturated carbocycles. The number of anilines is 1. The molecule has 0 aromatic carbocycles. The Kier molecular flexibility index (Phi) is 5.79. The number of nitrogens with zero attached hydrogens (tertiary/aromatic N) is 6. The highest BCUT2D eigenvalue weighted by Gasteiger charge is 2.07.